The molecule has 0 heterocycles. The number of carbonyl (C=O) groups is 4. The van der Waals surface area contributed by atoms with E-state index >= 15 is 0 Å². The van der Waals surface area contributed by atoms with Crippen LogP contribution in [0, 0.1) is 27.7 Å². The molecule has 0 spiro atoms. The molecular weight excluding hydrogens is 825 g/mol. The average molecular weight is 871 g/mol. The van der Waals surface area contributed by atoms with E-state index in [2.05, 4.69) is 0 Å². The number of ether oxygens (including phenoxy) is 4. The van der Waals surface area contributed by atoms with Crippen molar-refractivity contribution in [3.63, 3.8) is 0 Å². The number of esters is 4. The second-order valence-electron chi connectivity index (χ2n) is 16.3. The van der Waals surface area contributed by atoms with Gasteiger partial charge in [-0.25, -0.2) is 19.2 Å². The largest absolute Gasteiger partial charge is 0.423 e. The van der Waals surface area contributed by atoms with Crippen LogP contribution in [-0.4, -0.2) is 23.9 Å². The highest BCUT2D eigenvalue weighted by atomic mass is 16.5. The van der Waals surface area contributed by atoms with Crippen molar-refractivity contribution < 1.29 is 38.1 Å². The molecule has 0 atom stereocenters. The van der Waals surface area contributed by atoms with Gasteiger partial charge in [0.2, 0.25) is 0 Å². The summed E-state index contributed by atoms with van der Waals surface area (Å²) >= 11 is 0. The molecule has 0 fully saturated rings. The van der Waals surface area contributed by atoms with Gasteiger partial charge >= 0.3 is 23.9 Å². The second kappa shape index (κ2) is 20.0. The highest BCUT2D eigenvalue weighted by Gasteiger charge is 2.29. The van der Waals surface area contributed by atoms with Crippen molar-refractivity contribution in [2.45, 2.75) is 39.5 Å². The quantitative estimate of drug-likeness (QED) is 0.0833. The first kappa shape index (κ1) is 44.3. The van der Waals surface area contributed by atoms with Crippen molar-refractivity contribution in [3.8, 4) is 23.0 Å². The lowest BCUT2D eigenvalue weighted by Crippen LogP contribution is -2.16. The monoisotopic (exact) mass is 870 g/mol. The minimum Gasteiger partial charge on any atom is -0.423 e. The zero-order chi connectivity index (χ0) is 46.2. The molecule has 0 aromatic heterocycles. The van der Waals surface area contributed by atoms with Crippen LogP contribution in [0.4, 0.5) is 0 Å². The third-order valence-corrected chi connectivity index (χ3v) is 11.3. The Morgan fingerprint density at radius 1 is 0.258 bits per heavy atom. The van der Waals surface area contributed by atoms with Crippen molar-refractivity contribution >= 4 is 23.9 Å². The predicted molar refractivity (Wildman–Crippen MR) is 254 cm³/mol. The molecule has 8 heteroatoms. The molecule has 8 nitrogen and oxygen atoms in total. The lowest BCUT2D eigenvalue weighted by Gasteiger charge is -2.30. The molecule has 0 amide bonds. The summed E-state index contributed by atoms with van der Waals surface area (Å²) < 4.78 is 23.2. The van der Waals surface area contributed by atoms with E-state index in [9.17, 15) is 19.2 Å². The first-order valence-electron chi connectivity index (χ1n) is 21.5. The third-order valence-electron chi connectivity index (χ3n) is 11.3. The van der Waals surface area contributed by atoms with Crippen molar-refractivity contribution in [1.29, 1.82) is 0 Å². The number of benzene rings is 8. The van der Waals surface area contributed by atoms with Gasteiger partial charge in [0.25, 0.3) is 0 Å². The molecule has 0 bridgehead atoms. The topological polar surface area (TPSA) is 105 Å². The van der Waals surface area contributed by atoms with E-state index < -0.39 is 35.7 Å². The molecule has 0 aliphatic carbocycles. The van der Waals surface area contributed by atoms with Gasteiger partial charge in [0.15, 0.2) is 0 Å². The van der Waals surface area contributed by atoms with E-state index in [1.807, 2.05) is 125 Å². The zero-order valence-electron chi connectivity index (χ0n) is 36.9. The Kier molecular flexibility index (Phi) is 13.4. The molecule has 0 radical (unpaired) electrons. The summed E-state index contributed by atoms with van der Waals surface area (Å²) in [6, 6.07) is 58.3. The van der Waals surface area contributed by atoms with Crippen LogP contribution in [0.1, 0.15) is 97.8 Å². The normalized spacial score (nSPS) is 10.9. The highest BCUT2D eigenvalue weighted by Crippen LogP contribution is 2.44. The van der Waals surface area contributed by atoms with E-state index in [1.165, 1.54) is 0 Å². The number of aryl methyl sites for hydroxylation is 4. The number of hydrogen-bond acceptors (Lipinski definition) is 8. The maximum Gasteiger partial charge on any atom is 0.343 e. The fourth-order valence-corrected chi connectivity index (χ4v) is 7.55. The fraction of sp³-hybridized carbons (Fsp3) is 0.103. The number of carbonyl (C=O) groups excluding carboxylic acids is 4. The minimum absolute atomic E-state index is 0.373. The summed E-state index contributed by atoms with van der Waals surface area (Å²) in [5, 5.41) is 0. The molecule has 66 heavy (non-hydrogen) atoms. The van der Waals surface area contributed by atoms with Gasteiger partial charge in [-0.15, -0.1) is 0 Å². The van der Waals surface area contributed by atoms with E-state index in [0.29, 0.717) is 45.3 Å². The lowest BCUT2D eigenvalue weighted by molar-refractivity contribution is 0.0725. The van der Waals surface area contributed by atoms with Gasteiger partial charge in [0, 0.05) is 11.8 Å². The molecule has 0 aliphatic rings. The maximum absolute atomic E-state index is 13.1. The Morgan fingerprint density at radius 3 is 0.591 bits per heavy atom. The van der Waals surface area contributed by atoms with Crippen molar-refractivity contribution in [2.75, 3.05) is 0 Å². The Bertz CT molecular complexity index is 2540. The molecule has 0 N–H and O–H groups in total. The van der Waals surface area contributed by atoms with Gasteiger partial charge < -0.3 is 18.9 Å². The molecule has 0 unspecified atom stereocenters. The van der Waals surface area contributed by atoms with Crippen LogP contribution in [0.2, 0.25) is 0 Å². The second-order valence-corrected chi connectivity index (χ2v) is 16.3. The van der Waals surface area contributed by atoms with Crippen molar-refractivity contribution in [1.82, 2.24) is 0 Å². The zero-order valence-corrected chi connectivity index (χ0v) is 36.9. The molecule has 0 saturated heterocycles. The Morgan fingerprint density at radius 2 is 0.424 bits per heavy atom. The van der Waals surface area contributed by atoms with Crippen LogP contribution in [-0.2, 0) is 0 Å². The van der Waals surface area contributed by atoms with E-state index in [-0.39, 0.29) is 0 Å². The summed E-state index contributed by atoms with van der Waals surface area (Å²) in [5.41, 5.74) is 9.39. The van der Waals surface area contributed by atoms with Gasteiger partial charge in [-0.2, -0.15) is 0 Å². The van der Waals surface area contributed by atoms with Crippen molar-refractivity contribution in [2.24, 2.45) is 0 Å². The minimum atomic E-state index is -0.473. The number of rotatable bonds is 13. The first-order valence-corrected chi connectivity index (χ1v) is 21.5. The fourth-order valence-electron chi connectivity index (χ4n) is 7.55. The lowest BCUT2D eigenvalue weighted by atomic mass is 9.73. The maximum atomic E-state index is 13.1. The van der Waals surface area contributed by atoms with Crippen LogP contribution < -0.4 is 18.9 Å². The van der Waals surface area contributed by atoms with Crippen LogP contribution in [0.15, 0.2) is 194 Å². The average Bonchev–Trinajstić information content (AvgIpc) is 3.33. The standard InChI is InChI=1S/C58H46O8/c1-37-5-13-45(14-6-37)55(59)63-49-29-21-41(22-30-49)53(42-23-31-50(32-24-42)64-56(60)46-15-7-38(2)8-16-46)54(43-25-33-51(34-26-43)65-57(61)47-17-9-39(3)10-18-47)44-27-35-52(36-28-44)66-58(62)48-19-11-40(4)12-20-48/h5-36,53-54H,1-4H3. The van der Waals surface area contributed by atoms with E-state index in [0.717, 1.165) is 44.5 Å². The summed E-state index contributed by atoms with van der Waals surface area (Å²) in [5.74, 6) is -1.19. The number of hydrogen-bond donors (Lipinski definition) is 0. The molecule has 8 rings (SSSR count). The van der Waals surface area contributed by atoms with Gasteiger partial charge in [-0.05, 0) is 147 Å². The van der Waals surface area contributed by atoms with Gasteiger partial charge in [-0.3, -0.25) is 0 Å². The molecule has 8 aromatic carbocycles. The summed E-state index contributed by atoms with van der Waals surface area (Å²) in [7, 11) is 0. The van der Waals surface area contributed by atoms with E-state index in [1.54, 1.807) is 97.1 Å². The Hall–Kier alpha value is -8.36. The first-order chi connectivity index (χ1) is 31.9. The summed E-state index contributed by atoms with van der Waals surface area (Å²) in [4.78, 5) is 52.5. The van der Waals surface area contributed by atoms with Crippen LogP contribution in [0.25, 0.3) is 0 Å². The SMILES string of the molecule is Cc1ccc(C(=O)Oc2ccc(C(c3ccc(OC(=O)c4ccc(C)cc4)cc3)C(c3ccc(OC(=O)c4ccc(C)cc4)cc3)c3ccc(OC(=O)c4ccc(C)cc4)cc3)cc2)cc1. The van der Waals surface area contributed by atoms with Crippen LogP contribution in [0.3, 0.4) is 0 Å². The predicted octanol–water partition coefficient (Wildman–Crippen LogP) is 12.8. The third kappa shape index (κ3) is 10.9. The Balaban J connectivity index is 1.16. The Labute approximate surface area is 384 Å². The molecule has 0 aliphatic heterocycles. The molecule has 8 aromatic rings. The molecule has 326 valence electrons. The van der Waals surface area contributed by atoms with E-state index in [4.69, 9.17) is 18.9 Å². The van der Waals surface area contributed by atoms with Crippen molar-refractivity contribution in [3.05, 3.63) is 261 Å². The summed E-state index contributed by atoms with van der Waals surface area (Å²) in [6.07, 6.45) is 0. The van der Waals surface area contributed by atoms with Crippen LogP contribution >= 0.6 is 0 Å². The molecule has 0 saturated carbocycles. The highest BCUT2D eigenvalue weighted by molar-refractivity contribution is 5.93. The molecular formula is C58H46O8. The van der Waals surface area contributed by atoms with Crippen LogP contribution in [0.5, 0.6) is 23.0 Å². The van der Waals surface area contributed by atoms with Gasteiger partial charge in [0.05, 0.1) is 22.3 Å². The smallest absolute Gasteiger partial charge is 0.343 e. The van der Waals surface area contributed by atoms with Gasteiger partial charge in [-0.1, -0.05) is 119 Å². The van der Waals surface area contributed by atoms with Gasteiger partial charge in [0.1, 0.15) is 23.0 Å². The summed E-state index contributed by atoms with van der Waals surface area (Å²) in [6.45, 7) is 7.81.